The topological polar surface area (TPSA) is 158 Å². The van der Waals surface area contributed by atoms with Gasteiger partial charge in [0.25, 0.3) is 0 Å². The van der Waals surface area contributed by atoms with Gasteiger partial charge in [0.15, 0.2) is 5.78 Å². The zero-order chi connectivity index (χ0) is 32.3. The van der Waals surface area contributed by atoms with Crippen LogP contribution in [0.5, 0.6) is 0 Å². The summed E-state index contributed by atoms with van der Waals surface area (Å²) in [5.41, 5.74) is 7.97. The molecule has 1 aromatic heterocycles. The molecule has 0 N–H and O–H groups in total. The van der Waals surface area contributed by atoms with Crippen LogP contribution in [0.3, 0.4) is 0 Å². The van der Waals surface area contributed by atoms with Gasteiger partial charge in [-0.15, -0.1) is 17.0 Å². The number of esters is 1. The number of Topliss-reactive ketones (excluding diaryl/α,β-unsaturated/α-hetero) is 1. The summed E-state index contributed by atoms with van der Waals surface area (Å²) in [7, 11) is 1.21. The number of carbonyl (C=O) groups excluding carboxylic acids is 3. The van der Waals surface area contributed by atoms with Crippen LogP contribution in [0.15, 0.2) is 96.6 Å². The normalized spacial score (nSPS) is 20.8. The van der Waals surface area contributed by atoms with Crippen LogP contribution < -0.4 is 25.9 Å². The van der Waals surface area contributed by atoms with E-state index in [4.69, 9.17) is 24.7 Å². The van der Waals surface area contributed by atoms with Crippen LogP contribution in [0, 0.1) is 12.8 Å². The van der Waals surface area contributed by atoms with Gasteiger partial charge in [-0.2, -0.15) is 0 Å². The summed E-state index contributed by atoms with van der Waals surface area (Å²) >= 11 is 0. The molecule has 1 aliphatic carbocycles. The number of ether oxygens (including phenoxy) is 1. The largest absolute Gasteiger partial charge is 2.00 e. The third-order valence-corrected chi connectivity index (χ3v) is 8.86. The number of nitrogens with zero attached hydrogens (tertiary/aromatic N) is 4. The van der Waals surface area contributed by atoms with Crippen LogP contribution in [0.2, 0.25) is 0 Å². The number of aromatic nitrogens is 1. The van der Waals surface area contributed by atoms with E-state index >= 15 is 0 Å². The summed E-state index contributed by atoms with van der Waals surface area (Å²) in [5.74, 6) is -3.81. The van der Waals surface area contributed by atoms with Crippen molar-refractivity contribution in [1.82, 2.24) is 4.98 Å². The van der Waals surface area contributed by atoms with E-state index in [2.05, 4.69) is 6.58 Å². The van der Waals surface area contributed by atoms with Crippen LogP contribution in [-0.2, 0) is 25.5 Å². The van der Waals surface area contributed by atoms with Gasteiger partial charge in [0.2, 0.25) is 0 Å². The van der Waals surface area contributed by atoms with Gasteiger partial charge in [0, 0.05) is 17.1 Å². The number of ketones is 1. The van der Waals surface area contributed by atoms with E-state index < -0.39 is 23.6 Å². The first-order chi connectivity index (χ1) is 21.5. The molecule has 4 aliphatic heterocycles. The molecule has 11 heteroatoms. The molecule has 0 saturated heterocycles. The Labute approximate surface area is 282 Å². The van der Waals surface area contributed by atoms with Crippen LogP contribution in [0.1, 0.15) is 46.2 Å². The third kappa shape index (κ3) is 4.94. The molecule has 1 atom stereocenters. The molecule has 0 spiro atoms. The summed E-state index contributed by atoms with van der Waals surface area (Å²) in [4.78, 5) is 58.1. The maximum absolute atomic E-state index is 13.9. The van der Waals surface area contributed by atoms with Crippen LogP contribution in [0.4, 0.5) is 0 Å². The summed E-state index contributed by atoms with van der Waals surface area (Å²) in [6.07, 6.45) is 8.04. The number of hydrogen-bond acceptors (Lipinski definition) is 9. The number of aliphatic imine (C=N–C) groups is 3. The van der Waals surface area contributed by atoms with Crippen molar-refractivity contribution in [1.29, 1.82) is 0 Å². The molecule has 0 radical (unpaired) electrons. The minimum Gasteiger partial charge on any atom is -0.877 e. The van der Waals surface area contributed by atoms with Crippen molar-refractivity contribution in [2.75, 3.05) is 7.11 Å². The molecule has 0 aromatic carbocycles. The van der Waals surface area contributed by atoms with Gasteiger partial charge in [-0.3, -0.25) is 9.59 Å². The molecule has 46 heavy (non-hydrogen) atoms. The van der Waals surface area contributed by atoms with E-state index in [9.17, 15) is 24.6 Å². The Morgan fingerprint density at radius 2 is 1.83 bits per heavy atom. The summed E-state index contributed by atoms with van der Waals surface area (Å²) in [6.45, 7) is 11.4. The monoisotopic (exact) mass is 626 g/mol. The SMILES string of the molecule is C=CC1=C(C)C2=NC1=CC1=NC(=C(CC)/C1=C/[O-])C=C1N=C3C(=C1C)C(=O)C(C(=O)OC)C3=c1[n-]c(c(C)c1CCC(=O)[O-])=C2.[H+].[Mg+2]. The van der Waals surface area contributed by atoms with Gasteiger partial charge < -0.3 is 24.7 Å². The molecule has 1 saturated carbocycles. The number of hydrogen-bond donors (Lipinski definition) is 0. The molecule has 228 valence electrons. The first kappa shape index (κ1) is 32.8. The number of aliphatic carboxylic acids is 1. The Kier molecular flexibility index (Phi) is 8.76. The Balaban J connectivity index is 0.00000250. The average Bonchev–Trinajstić information content (AvgIpc) is 3.76. The van der Waals surface area contributed by atoms with E-state index in [0.717, 1.165) is 23.0 Å². The molecular formula is C35H30MgN4O6. The number of carboxylic acid groups (broad SMARTS) is 1. The molecule has 1 aromatic rings. The van der Waals surface area contributed by atoms with Gasteiger partial charge in [0.05, 0.1) is 41.3 Å². The second-order valence-electron chi connectivity index (χ2n) is 11.2. The molecular weight excluding hydrogens is 597 g/mol. The van der Waals surface area contributed by atoms with E-state index in [-0.39, 0.29) is 54.2 Å². The second-order valence-corrected chi connectivity index (χ2v) is 11.2. The van der Waals surface area contributed by atoms with Gasteiger partial charge in [-0.25, -0.2) is 15.0 Å². The van der Waals surface area contributed by atoms with Crippen molar-refractivity contribution in [2.24, 2.45) is 20.9 Å². The number of allylic oxidation sites excluding steroid dienone is 8. The molecule has 6 rings (SSSR count). The number of fused-ring (bicyclic) bond motifs is 5. The summed E-state index contributed by atoms with van der Waals surface area (Å²) in [5, 5.41) is 24.7. The van der Waals surface area contributed by atoms with E-state index in [1.165, 1.54) is 7.11 Å². The zero-order valence-corrected chi connectivity index (χ0v) is 27.7. The van der Waals surface area contributed by atoms with Crippen molar-refractivity contribution in [3.8, 4) is 0 Å². The predicted molar refractivity (Wildman–Crippen MR) is 172 cm³/mol. The fraction of sp³-hybridized carbons (Fsp3) is 0.257. The Morgan fingerprint density at radius 3 is 2.46 bits per heavy atom. The van der Waals surface area contributed by atoms with Crippen molar-refractivity contribution in [2.45, 2.75) is 47.0 Å². The van der Waals surface area contributed by atoms with E-state index in [1.54, 1.807) is 31.2 Å². The zero-order valence-electron chi connectivity index (χ0n) is 27.2. The predicted octanol–water partition coefficient (Wildman–Crippen LogP) is 0.542. The number of methoxy groups -OCH3 is 1. The number of carbonyl (C=O) groups is 3. The molecule has 8 bridgehead atoms. The van der Waals surface area contributed by atoms with Gasteiger partial charge in [-0.05, 0) is 80.1 Å². The van der Waals surface area contributed by atoms with Gasteiger partial charge >= 0.3 is 30.4 Å². The Morgan fingerprint density at radius 1 is 1.09 bits per heavy atom. The second kappa shape index (κ2) is 12.3. The number of rotatable bonds is 6. The minimum absolute atomic E-state index is 0. The summed E-state index contributed by atoms with van der Waals surface area (Å²) in [6, 6.07) is 0. The molecule has 1 unspecified atom stereocenters. The minimum atomic E-state index is -1.33. The molecule has 0 amide bonds. The van der Waals surface area contributed by atoms with Crippen molar-refractivity contribution in [3.63, 3.8) is 0 Å². The fourth-order valence-electron chi connectivity index (χ4n) is 6.49. The maximum Gasteiger partial charge on any atom is 2.00 e. The van der Waals surface area contributed by atoms with Gasteiger partial charge in [-0.1, -0.05) is 36.8 Å². The average molecular weight is 627 g/mol. The third-order valence-electron chi connectivity index (χ3n) is 8.86. The van der Waals surface area contributed by atoms with Crippen LogP contribution in [-0.4, -0.2) is 65.0 Å². The fourth-order valence-corrected chi connectivity index (χ4v) is 6.49. The van der Waals surface area contributed by atoms with Gasteiger partial charge in [0.1, 0.15) is 5.92 Å². The van der Waals surface area contributed by atoms with Crippen molar-refractivity contribution in [3.05, 3.63) is 103 Å². The van der Waals surface area contributed by atoms with E-state index in [1.807, 2.05) is 20.8 Å². The first-order valence-corrected chi connectivity index (χ1v) is 14.6. The Bertz CT molecular complexity index is 2100. The molecule has 5 aliphatic rings. The quantitative estimate of drug-likeness (QED) is 0.193. The summed E-state index contributed by atoms with van der Waals surface area (Å²) < 4.78 is 5.07. The van der Waals surface area contributed by atoms with E-state index in [0.29, 0.717) is 67.9 Å². The standard InChI is InChI=1S/C35H32N4O6.Mg/c1-7-18-15(3)22-11-23-16(4)20(9-10-28(41)42)32(38-23)30-31(35(44)45-6)34(43)29-17(5)24(39-33(29)30)12-26-19(8-2)21(14-40)27(37-26)13-25(18)36-22;/h7,11-14,31H,1,8-10H2,2-6H3,(H3,36,37,38,39,40,41,42,43);/q;+2/p-2. The molecule has 10 nitrogen and oxygen atoms in total. The smallest absolute Gasteiger partial charge is 0.877 e. The van der Waals surface area contributed by atoms with Crippen molar-refractivity contribution >= 4 is 69.6 Å². The molecule has 5 heterocycles. The Hall–Kier alpha value is -4.61. The van der Waals surface area contributed by atoms with Crippen LogP contribution >= 0.6 is 0 Å². The maximum atomic E-state index is 13.9. The molecule has 1 fully saturated rings. The first-order valence-electron chi connectivity index (χ1n) is 14.6. The number of carboxylic acids is 1. The van der Waals surface area contributed by atoms with Crippen LogP contribution in [0.25, 0.3) is 11.6 Å². The van der Waals surface area contributed by atoms with Crippen molar-refractivity contribution < 1.29 is 30.8 Å².